The highest BCUT2D eigenvalue weighted by Crippen LogP contribution is 2.33. The number of carbonyl (C=O) groups is 1. The van der Waals surface area contributed by atoms with Crippen LogP contribution in [0.3, 0.4) is 0 Å². The van der Waals surface area contributed by atoms with Gasteiger partial charge in [0.05, 0.1) is 5.56 Å². The van der Waals surface area contributed by atoms with E-state index < -0.39 is 5.97 Å². The van der Waals surface area contributed by atoms with Gasteiger partial charge in [0.25, 0.3) is 5.56 Å². The molecule has 0 aliphatic heterocycles. The Kier molecular flexibility index (Phi) is 3.78. The molecule has 1 aromatic rings. The molecule has 4 nitrogen and oxygen atoms in total. The molecule has 1 saturated carbocycles. The third-order valence-corrected chi connectivity index (χ3v) is 4.31. The quantitative estimate of drug-likeness (QED) is 0.892. The molecule has 0 aromatic carbocycles. The van der Waals surface area contributed by atoms with Gasteiger partial charge in [-0.15, -0.1) is 0 Å². The summed E-state index contributed by atoms with van der Waals surface area (Å²) >= 11 is 0. The van der Waals surface area contributed by atoms with E-state index in [9.17, 15) is 14.7 Å². The lowest BCUT2D eigenvalue weighted by Gasteiger charge is -2.32. The van der Waals surface area contributed by atoms with Crippen molar-refractivity contribution in [3.8, 4) is 0 Å². The summed E-state index contributed by atoms with van der Waals surface area (Å²) < 4.78 is 1.71. The van der Waals surface area contributed by atoms with E-state index in [-0.39, 0.29) is 17.2 Å². The molecule has 2 rings (SSSR count). The van der Waals surface area contributed by atoms with Crippen LogP contribution in [-0.4, -0.2) is 15.6 Å². The van der Waals surface area contributed by atoms with Crippen LogP contribution < -0.4 is 5.56 Å². The smallest absolute Gasteiger partial charge is 0.337 e. The minimum absolute atomic E-state index is 0.0706. The van der Waals surface area contributed by atoms with E-state index in [1.807, 2.05) is 0 Å². The van der Waals surface area contributed by atoms with Crippen molar-refractivity contribution in [3.63, 3.8) is 0 Å². The van der Waals surface area contributed by atoms with Crippen molar-refractivity contribution in [3.05, 3.63) is 33.2 Å². The van der Waals surface area contributed by atoms with Crippen molar-refractivity contribution in [2.45, 2.75) is 52.5 Å². The average Bonchev–Trinajstić information content (AvgIpc) is 2.30. The lowest BCUT2D eigenvalue weighted by molar-refractivity contribution is 0.0693. The Morgan fingerprint density at radius 2 is 1.95 bits per heavy atom. The minimum Gasteiger partial charge on any atom is -0.478 e. The molecule has 0 spiro atoms. The molecule has 104 valence electrons. The zero-order valence-electron chi connectivity index (χ0n) is 11.8. The summed E-state index contributed by atoms with van der Waals surface area (Å²) in [7, 11) is 0. The molecule has 4 heteroatoms. The number of rotatable bonds is 2. The lowest BCUT2D eigenvalue weighted by atomic mass is 9.85. The maximum Gasteiger partial charge on any atom is 0.337 e. The molecule has 0 radical (unpaired) electrons. The summed E-state index contributed by atoms with van der Waals surface area (Å²) in [5.74, 6) is -0.526. The zero-order valence-corrected chi connectivity index (χ0v) is 11.8. The molecule has 2 atom stereocenters. The van der Waals surface area contributed by atoms with Crippen LogP contribution in [0, 0.1) is 19.8 Å². The second-order valence-electron chi connectivity index (χ2n) is 5.63. The number of nitrogens with zero attached hydrogens (tertiary/aromatic N) is 1. The number of carboxylic acids is 1. The molecule has 0 amide bonds. The van der Waals surface area contributed by atoms with Gasteiger partial charge in [0.1, 0.15) is 0 Å². The molecule has 1 aliphatic carbocycles. The van der Waals surface area contributed by atoms with Gasteiger partial charge in [-0.1, -0.05) is 19.8 Å². The van der Waals surface area contributed by atoms with Crippen LogP contribution in [0.25, 0.3) is 0 Å². The van der Waals surface area contributed by atoms with Crippen LogP contribution in [0.5, 0.6) is 0 Å². The van der Waals surface area contributed by atoms with Gasteiger partial charge >= 0.3 is 5.97 Å². The summed E-state index contributed by atoms with van der Waals surface area (Å²) in [5.41, 5.74) is 1.35. The van der Waals surface area contributed by atoms with E-state index in [0.29, 0.717) is 17.2 Å². The summed E-state index contributed by atoms with van der Waals surface area (Å²) in [5, 5.41) is 9.31. The number of carboxylic acid groups (broad SMARTS) is 1. The van der Waals surface area contributed by atoms with Gasteiger partial charge in [0, 0.05) is 17.8 Å². The molecular weight excluding hydrogens is 242 g/mol. The highest BCUT2D eigenvalue weighted by atomic mass is 16.4. The fourth-order valence-electron chi connectivity index (χ4n) is 3.31. The third-order valence-electron chi connectivity index (χ3n) is 4.31. The second kappa shape index (κ2) is 5.19. The van der Waals surface area contributed by atoms with Gasteiger partial charge < -0.3 is 9.67 Å². The van der Waals surface area contributed by atoms with Crippen molar-refractivity contribution >= 4 is 5.97 Å². The number of aromatic carboxylic acids is 1. The molecule has 2 unspecified atom stereocenters. The second-order valence-corrected chi connectivity index (χ2v) is 5.63. The van der Waals surface area contributed by atoms with Crippen LogP contribution in [-0.2, 0) is 0 Å². The van der Waals surface area contributed by atoms with Crippen molar-refractivity contribution in [2.75, 3.05) is 0 Å². The Balaban J connectivity index is 2.59. The first kappa shape index (κ1) is 13.8. The van der Waals surface area contributed by atoms with Crippen LogP contribution in [0.15, 0.2) is 10.9 Å². The van der Waals surface area contributed by atoms with Crippen molar-refractivity contribution in [2.24, 2.45) is 5.92 Å². The van der Waals surface area contributed by atoms with Crippen LogP contribution in [0.2, 0.25) is 0 Å². The topological polar surface area (TPSA) is 59.3 Å². The summed E-state index contributed by atoms with van der Waals surface area (Å²) in [4.78, 5) is 23.6. The molecule has 1 aliphatic rings. The first-order valence-electron chi connectivity index (χ1n) is 6.89. The average molecular weight is 263 g/mol. The van der Waals surface area contributed by atoms with E-state index in [1.54, 1.807) is 18.4 Å². The molecule has 1 N–H and O–H groups in total. The highest BCUT2D eigenvalue weighted by Gasteiger charge is 2.27. The molecule has 19 heavy (non-hydrogen) atoms. The van der Waals surface area contributed by atoms with Gasteiger partial charge in [-0.05, 0) is 38.2 Å². The maximum absolute atomic E-state index is 12.3. The molecule has 0 saturated heterocycles. The zero-order chi connectivity index (χ0) is 14.2. The van der Waals surface area contributed by atoms with Crippen molar-refractivity contribution < 1.29 is 9.90 Å². The van der Waals surface area contributed by atoms with E-state index in [0.717, 1.165) is 19.3 Å². The summed E-state index contributed by atoms with van der Waals surface area (Å²) in [6.45, 7) is 5.58. The molecule has 1 heterocycles. The highest BCUT2D eigenvalue weighted by molar-refractivity contribution is 5.90. The number of aromatic nitrogens is 1. The fraction of sp³-hybridized carbons (Fsp3) is 0.600. The minimum atomic E-state index is -0.952. The van der Waals surface area contributed by atoms with E-state index in [1.165, 1.54) is 12.5 Å². The monoisotopic (exact) mass is 263 g/mol. The summed E-state index contributed by atoms with van der Waals surface area (Å²) in [6.07, 6.45) is 4.37. The largest absolute Gasteiger partial charge is 0.478 e. The predicted molar refractivity (Wildman–Crippen MR) is 73.8 cm³/mol. The van der Waals surface area contributed by atoms with E-state index in [4.69, 9.17) is 0 Å². The lowest BCUT2D eigenvalue weighted by Crippen LogP contribution is -2.33. The van der Waals surface area contributed by atoms with Crippen LogP contribution in [0.1, 0.15) is 60.3 Å². The Bertz CT molecular complexity index is 559. The Hall–Kier alpha value is -1.58. The number of aryl methyl sites for hydroxylation is 1. The first-order chi connectivity index (χ1) is 8.93. The van der Waals surface area contributed by atoms with Gasteiger partial charge in [0.2, 0.25) is 0 Å². The van der Waals surface area contributed by atoms with E-state index in [2.05, 4.69) is 6.92 Å². The molecule has 0 bridgehead atoms. The van der Waals surface area contributed by atoms with Gasteiger partial charge in [-0.2, -0.15) is 0 Å². The molecule has 1 aromatic heterocycles. The number of pyridine rings is 1. The third kappa shape index (κ3) is 2.44. The molecule has 1 fully saturated rings. The molecular formula is C15H21NO3. The van der Waals surface area contributed by atoms with Crippen LogP contribution >= 0.6 is 0 Å². The Morgan fingerprint density at radius 3 is 2.53 bits per heavy atom. The van der Waals surface area contributed by atoms with Gasteiger partial charge in [0.15, 0.2) is 0 Å². The number of hydrogen-bond acceptors (Lipinski definition) is 2. The Morgan fingerprint density at radius 1 is 1.32 bits per heavy atom. The number of hydrogen-bond donors (Lipinski definition) is 1. The van der Waals surface area contributed by atoms with Crippen molar-refractivity contribution in [1.82, 2.24) is 4.57 Å². The van der Waals surface area contributed by atoms with Crippen molar-refractivity contribution in [1.29, 1.82) is 0 Å². The standard InChI is InChI=1S/C15H21NO3/c1-9-6-4-5-7-12(9)16-11(3)14(15(18)19)10(2)8-13(16)17/h8-9,12H,4-7H2,1-3H3,(H,18,19). The maximum atomic E-state index is 12.3. The normalized spacial score (nSPS) is 23.3. The fourth-order valence-corrected chi connectivity index (χ4v) is 3.31. The van der Waals surface area contributed by atoms with E-state index >= 15 is 0 Å². The van der Waals surface area contributed by atoms with Crippen LogP contribution in [0.4, 0.5) is 0 Å². The van der Waals surface area contributed by atoms with Gasteiger partial charge in [-0.3, -0.25) is 4.79 Å². The SMILES string of the molecule is Cc1cc(=O)n(C2CCCCC2C)c(C)c1C(=O)O. The Labute approximate surface area is 113 Å². The first-order valence-corrected chi connectivity index (χ1v) is 6.89. The summed E-state index contributed by atoms with van der Waals surface area (Å²) in [6, 6.07) is 1.59. The predicted octanol–water partition coefficient (Wildman–Crippen LogP) is 2.91. The van der Waals surface area contributed by atoms with Gasteiger partial charge in [-0.25, -0.2) is 4.79 Å².